The first kappa shape index (κ1) is 8.70. The van der Waals surface area contributed by atoms with Crippen LogP contribution in [0.3, 0.4) is 0 Å². The zero-order valence-electron chi connectivity index (χ0n) is 6.30. The van der Waals surface area contributed by atoms with E-state index in [1.165, 1.54) is 12.8 Å². The van der Waals surface area contributed by atoms with Crippen LogP contribution in [0.2, 0.25) is 0 Å². The molecule has 0 aromatic rings. The van der Waals surface area contributed by atoms with Crippen molar-refractivity contribution in [3.63, 3.8) is 0 Å². The predicted octanol–water partition coefficient (Wildman–Crippen LogP) is 1.97. The molecule has 0 bridgehead atoms. The van der Waals surface area contributed by atoms with Gasteiger partial charge < -0.3 is 5.11 Å². The van der Waals surface area contributed by atoms with E-state index >= 15 is 0 Å². The molecule has 0 aromatic heterocycles. The lowest BCUT2D eigenvalue weighted by molar-refractivity contribution is 0.341. The number of hydrogen-bond donors (Lipinski definition) is 1. The van der Waals surface area contributed by atoms with Crippen molar-refractivity contribution in [2.75, 3.05) is 6.61 Å². The lowest BCUT2D eigenvalue weighted by Gasteiger charge is -2.00. The van der Waals surface area contributed by atoms with Gasteiger partial charge in [0, 0.05) is 0 Å². The molecule has 0 aromatic carbocycles. The van der Waals surface area contributed by atoms with Gasteiger partial charge >= 0.3 is 0 Å². The van der Waals surface area contributed by atoms with E-state index < -0.39 is 0 Å². The Kier molecular flexibility index (Phi) is 5.64. The van der Waals surface area contributed by atoms with Crippen LogP contribution in [0.5, 0.6) is 0 Å². The first-order valence-corrected chi connectivity index (χ1v) is 3.58. The standard InChI is InChI=1S/C8H16O/c1-3-5-8(2)6-4-7-9/h4,6,8-9H,3,5,7H2,1-2H3/b6-4-. The van der Waals surface area contributed by atoms with Gasteiger partial charge in [0.2, 0.25) is 0 Å². The first-order valence-electron chi connectivity index (χ1n) is 3.58. The number of hydrogen-bond acceptors (Lipinski definition) is 1. The van der Waals surface area contributed by atoms with Gasteiger partial charge in [-0.05, 0) is 12.3 Å². The summed E-state index contributed by atoms with van der Waals surface area (Å²) >= 11 is 0. The molecule has 0 saturated heterocycles. The number of allylic oxidation sites excluding steroid dienone is 1. The molecule has 0 rings (SSSR count). The van der Waals surface area contributed by atoms with Gasteiger partial charge in [-0.15, -0.1) is 0 Å². The normalized spacial score (nSPS) is 14.6. The van der Waals surface area contributed by atoms with E-state index in [4.69, 9.17) is 5.11 Å². The second-order valence-corrected chi connectivity index (χ2v) is 2.38. The Morgan fingerprint density at radius 2 is 2.22 bits per heavy atom. The van der Waals surface area contributed by atoms with Crippen LogP contribution in [0.25, 0.3) is 0 Å². The average molecular weight is 128 g/mol. The molecule has 0 aliphatic heterocycles. The summed E-state index contributed by atoms with van der Waals surface area (Å²) in [5.74, 6) is 0.627. The van der Waals surface area contributed by atoms with Gasteiger partial charge in [0.15, 0.2) is 0 Å². The number of rotatable bonds is 4. The molecule has 0 aliphatic carbocycles. The third kappa shape index (κ3) is 5.57. The van der Waals surface area contributed by atoms with E-state index in [1.54, 1.807) is 6.08 Å². The molecule has 1 nitrogen and oxygen atoms in total. The zero-order chi connectivity index (χ0) is 7.11. The highest BCUT2D eigenvalue weighted by Crippen LogP contribution is 2.05. The summed E-state index contributed by atoms with van der Waals surface area (Å²) in [7, 11) is 0. The van der Waals surface area contributed by atoms with Crippen LogP contribution in [-0.2, 0) is 0 Å². The van der Waals surface area contributed by atoms with Gasteiger partial charge in [-0.3, -0.25) is 0 Å². The van der Waals surface area contributed by atoms with Crippen LogP contribution in [0, 0.1) is 5.92 Å². The molecule has 0 fully saturated rings. The Balaban J connectivity index is 3.25. The molecule has 54 valence electrons. The first-order chi connectivity index (χ1) is 4.31. The molecule has 0 spiro atoms. The van der Waals surface area contributed by atoms with E-state index in [9.17, 15) is 0 Å². The second kappa shape index (κ2) is 5.83. The quantitative estimate of drug-likeness (QED) is 0.574. The van der Waals surface area contributed by atoms with Crippen LogP contribution in [0.4, 0.5) is 0 Å². The molecule has 0 amide bonds. The minimum atomic E-state index is 0.175. The van der Waals surface area contributed by atoms with E-state index in [-0.39, 0.29) is 6.61 Å². The fourth-order valence-electron chi connectivity index (χ4n) is 0.845. The molecule has 9 heavy (non-hydrogen) atoms. The molecule has 1 atom stereocenters. The molecule has 1 heteroatoms. The monoisotopic (exact) mass is 128 g/mol. The van der Waals surface area contributed by atoms with Crippen LogP contribution in [-0.4, -0.2) is 11.7 Å². The summed E-state index contributed by atoms with van der Waals surface area (Å²) in [5.41, 5.74) is 0. The van der Waals surface area contributed by atoms with Gasteiger partial charge in [0.1, 0.15) is 0 Å². The van der Waals surface area contributed by atoms with Crippen molar-refractivity contribution in [2.45, 2.75) is 26.7 Å². The minimum Gasteiger partial charge on any atom is -0.392 e. The van der Waals surface area contributed by atoms with Crippen molar-refractivity contribution in [3.8, 4) is 0 Å². The molecule has 0 heterocycles. The minimum absolute atomic E-state index is 0.175. The summed E-state index contributed by atoms with van der Waals surface area (Å²) in [6.45, 7) is 4.51. The summed E-state index contributed by atoms with van der Waals surface area (Å²) in [6, 6.07) is 0. The Morgan fingerprint density at radius 1 is 1.56 bits per heavy atom. The summed E-state index contributed by atoms with van der Waals surface area (Å²) in [4.78, 5) is 0. The molecular formula is C8H16O. The van der Waals surface area contributed by atoms with Crippen LogP contribution >= 0.6 is 0 Å². The maximum Gasteiger partial charge on any atom is 0.0612 e. The van der Waals surface area contributed by atoms with Crippen molar-refractivity contribution in [1.82, 2.24) is 0 Å². The topological polar surface area (TPSA) is 20.2 Å². The molecule has 1 N–H and O–H groups in total. The molecule has 1 unspecified atom stereocenters. The van der Waals surface area contributed by atoms with Gasteiger partial charge in [-0.1, -0.05) is 32.4 Å². The fourth-order valence-corrected chi connectivity index (χ4v) is 0.845. The van der Waals surface area contributed by atoms with Crippen LogP contribution < -0.4 is 0 Å². The van der Waals surface area contributed by atoms with Crippen molar-refractivity contribution in [1.29, 1.82) is 0 Å². The summed E-state index contributed by atoms with van der Waals surface area (Å²) < 4.78 is 0. The van der Waals surface area contributed by atoms with Gasteiger partial charge in [0.25, 0.3) is 0 Å². The highest BCUT2D eigenvalue weighted by molar-refractivity contribution is 4.85. The van der Waals surface area contributed by atoms with Gasteiger partial charge in [0.05, 0.1) is 6.61 Å². The Bertz CT molecular complexity index is 76.6. The maximum atomic E-state index is 8.40. The van der Waals surface area contributed by atoms with Gasteiger partial charge in [-0.2, -0.15) is 0 Å². The highest BCUT2D eigenvalue weighted by Gasteiger charge is 1.91. The van der Waals surface area contributed by atoms with Crippen LogP contribution in [0.1, 0.15) is 26.7 Å². The van der Waals surface area contributed by atoms with Crippen molar-refractivity contribution < 1.29 is 5.11 Å². The smallest absolute Gasteiger partial charge is 0.0612 e. The Morgan fingerprint density at radius 3 is 2.67 bits per heavy atom. The molecular weight excluding hydrogens is 112 g/mol. The van der Waals surface area contributed by atoms with Gasteiger partial charge in [-0.25, -0.2) is 0 Å². The van der Waals surface area contributed by atoms with Crippen molar-refractivity contribution >= 4 is 0 Å². The number of aliphatic hydroxyl groups is 1. The molecule has 0 saturated carbocycles. The van der Waals surface area contributed by atoms with E-state index in [2.05, 4.69) is 19.9 Å². The van der Waals surface area contributed by atoms with E-state index in [0.717, 1.165) is 0 Å². The third-order valence-corrected chi connectivity index (χ3v) is 1.31. The summed E-state index contributed by atoms with van der Waals surface area (Å²) in [5, 5.41) is 8.40. The Hall–Kier alpha value is -0.300. The third-order valence-electron chi connectivity index (χ3n) is 1.31. The maximum absolute atomic E-state index is 8.40. The lowest BCUT2D eigenvalue weighted by atomic mass is 10.1. The summed E-state index contributed by atoms with van der Waals surface area (Å²) in [6.07, 6.45) is 6.30. The average Bonchev–Trinajstić information content (AvgIpc) is 1.85. The number of aliphatic hydroxyl groups excluding tert-OH is 1. The SMILES string of the molecule is CCCC(C)/C=C\CO. The fraction of sp³-hybridized carbons (Fsp3) is 0.750. The van der Waals surface area contributed by atoms with Crippen molar-refractivity contribution in [3.05, 3.63) is 12.2 Å². The lowest BCUT2D eigenvalue weighted by Crippen LogP contribution is -1.87. The predicted molar refractivity (Wildman–Crippen MR) is 40.3 cm³/mol. The Labute approximate surface area is 57.4 Å². The molecule has 0 aliphatic rings. The largest absolute Gasteiger partial charge is 0.392 e. The highest BCUT2D eigenvalue weighted by atomic mass is 16.2. The second-order valence-electron chi connectivity index (χ2n) is 2.38. The van der Waals surface area contributed by atoms with E-state index in [0.29, 0.717) is 5.92 Å². The zero-order valence-corrected chi connectivity index (χ0v) is 6.30. The molecule has 0 radical (unpaired) electrons. The van der Waals surface area contributed by atoms with E-state index in [1.807, 2.05) is 0 Å². The van der Waals surface area contributed by atoms with Crippen LogP contribution in [0.15, 0.2) is 12.2 Å². The van der Waals surface area contributed by atoms with Crippen molar-refractivity contribution in [2.24, 2.45) is 5.92 Å².